The fourth-order valence-corrected chi connectivity index (χ4v) is 3.75. The normalized spacial score (nSPS) is 13.6. The van der Waals surface area contributed by atoms with Crippen molar-refractivity contribution < 1.29 is 8.42 Å². The maximum absolute atomic E-state index is 12.3. The Bertz CT molecular complexity index is 677. The average Bonchev–Trinajstić information content (AvgIpc) is 2.98. The number of anilines is 2. The van der Waals surface area contributed by atoms with Crippen LogP contribution in [0.4, 0.5) is 10.8 Å². The summed E-state index contributed by atoms with van der Waals surface area (Å²) in [7, 11) is -0.745. The smallest absolute Gasteiger partial charge is 0.249 e. The number of H-pyrrole nitrogens is 1. The highest BCUT2D eigenvalue weighted by molar-refractivity contribution is 7.89. The largest absolute Gasteiger partial charge is 0.382 e. The van der Waals surface area contributed by atoms with Crippen molar-refractivity contribution >= 4 is 32.4 Å². The second-order valence-corrected chi connectivity index (χ2v) is 7.22. The molecule has 1 unspecified atom stereocenters. The van der Waals surface area contributed by atoms with Crippen LogP contribution in [-0.2, 0) is 10.0 Å². The van der Waals surface area contributed by atoms with Crippen LogP contribution in [0.2, 0.25) is 0 Å². The molecule has 0 aromatic carbocycles. The quantitative estimate of drug-likeness (QED) is 0.753. The van der Waals surface area contributed by atoms with Gasteiger partial charge in [0.1, 0.15) is 10.8 Å². The topological polar surface area (TPSA) is 117 Å². The van der Waals surface area contributed by atoms with Gasteiger partial charge in [0, 0.05) is 26.5 Å². The van der Waals surface area contributed by atoms with Crippen LogP contribution in [0.1, 0.15) is 18.8 Å². The lowest BCUT2D eigenvalue weighted by Gasteiger charge is -2.15. The van der Waals surface area contributed by atoms with Gasteiger partial charge in [-0.1, -0.05) is 0 Å². The first-order valence-electron chi connectivity index (χ1n) is 5.77. The van der Waals surface area contributed by atoms with Crippen molar-refractivity contribution in [3.63, 3.8) is 0 Å². The van der Waals surface area contributed by atoms with E-state index in [-0.39, 0.29) is 16.8 Å². The van der Waals surface area contributed by atoms with Crippen LogP contribution < -0.4 is 11.1 Å². The third-order valence-corrected chi connectivity index (χ3v) is 5.50. The van der Waals surface area contributed by atoms with E-state index in [0.29, 0.717) is 10.8 Å². The molecule has 4 N–H and O–H groups in total. The third-order valence-electron chi connectivity index (χ3n) is 2.69. The number of nitrogens with one attached hydrogen (secondary N) is 2. The Labute approximate surface area is 121 Å². The molecule has 110 valence electrons. The van der Waals surface area contributed by atoms with Gasteiger partial charge in [-0.15, -0.1) is 0 Å². The summed E-state index contributed by atoms with van der Waals surface area (Å²) in [5, 5.41) is 3.47. The Morgan fingerprint density at radius 3 is 2.75 bits per heavy atom. The Morgan fingerprint density at radius 2 is 2.20 bits per heavy atom. The molecular weight excluding hydrogens is 300 g/mol. The minimum atomic E-state index is -3.65. The van der Waals surface area contributed by atoms with Gasteiger partial charge in [-0.05, 0) is 18.5 Å². The van der Waals surface area contributed by atoms with Crippen molar-refractivity contribution in [1.82, 2.24) is 18.6 Å². The summed E-state index contributed by atoms with van der Waals surface area (Å²) >= 11 is 1.01. The molecule has 20 heavy (non-hydrogen) atoms. The van der Waals surface area contributed by atoms with Crippen LogP contribution in [0.5, 0.6) is 0 Å². The van der Waals surface area contributed by atoms with Crippen molar-refractivity contribution in [1.29, 1.82) is 0 Å². The summed E-state index contributed by atoms with van der Waals surface area (Å²) in [6.07, 6.45) is 3.33. The number of sulfonamides is 1. The number of hydrogen-bond donors (Lipinski definition) is 3. The lowest BCUT2D eigenvalue weighted by atomic mass is 10.3. The first-order valence-corrected chi connectivity index (χ1v) is 7.99. The highest BCUT2D eigenvalue weighted by Crippen LogP contribution is 2.34. The highest BCUT2D eigenvalue weighted by atomic mass is 32.2. The monoisotopic (exact) mass is 316 g/mol. The summed E-state index contributed by atoms with van der Waals surface area (Å²) in [6, 6.07) is -0.194. The molecule has 0 bridgehead atoms. The molecule has 2 aromatic rings. The maximum Gasteiger partial charge on any atom is 0.249 e. The zero-order valence-corrected chi connectivity index (χ0v) is 12.9. The number of nitrogens with two attached hydrogens (primary N) is 1. The molecule has 0 amide bonds. The van der Waals surface area contributed by atoms with Gasteiger partial charge >= 0.3 is 0 Å². The van der Waals surface area contributed by atoms with E-state index in [9.17, 15) is 8.42 Å². The van der Waals surface area contributed by atoms with E-state index in [1.54, 1.807) is 12.4 Å². The predicted molar refractivity (Wildman–Crippen MR) is 78.0 cm³/mol. The molecular formula is C10H16N6O2S2. The summed E-state index contributed by atoms with van der Waals surface area (Å²) in [5.74, 6) is 0.697. The molecule has 2 heterocycles. The van der Waals surface area contributed by atoms with Crippen LogP contribution in [-0.4, -0.2) is 41.2 Å². The minimum Gasteiger partial charge on any atom is -0.382 e. The molecule has 0 radical (unpaired) electrons. The summed E-state index contributed by atoms with van der Waals surface area (Å²) in [6.45, 7) is 1.86. The SMILES string of the molecule is CC(Nc1snc(N)c1S(=O)(=O)N(C)C)c1ncc[nH]1. The van der Waals surface area contributed by atoms with Crippen molar-refractivity contribution in [2.24, 2.45) is 0 Å². The van der Waals surface area contributed by atoms with Crippen LogP contribution in [0.3, 0.4) is 0 Å². The molecule has 2 rings (SSSR count). The van der Waals surface area contributed by atoms with Crippen molar-refractivity contribution in [2.75, 3.05) is 25.1 Å². The Balaban J connectivity index is 2.35. The van der Waals surface area contributed by atoms with E-state index in [4.69, 9.17) is 5.73 Å². The summed E-state index contributed by atoms with van der Waals surface area (Å²) in [4.78, 5) is 7.09. The van der Waals surface area contributed by atoms with Crippen LogP contribution in [0, 0.1) is 0 Å². The first-order chi connectivity index (χ1) is 9.34. The van der Waals surface area contributed by atoms with Crippen molar-refractivity contribution in [3.05, 3.63) is 18.2 Å². The number of nitrogens with zero attached hydrogens (tertiary/aromatic N) is 3. The zero-order valence-electron chi connectivity index (χ0n) is 11.3. The van der Waals surface area contributed by atoms with Gasteiger partial charge in [0.25, 0.3) is 0 Å². The fraction of sp³-hybridized carbons (Fsp3) is 0.400. The number of nitrogen functional groups attached to an aromatic ring is 1. The van der Waals surface area contributed by atoms with Gasteiger partial charge in [-0.2, -0.15) is 4.37 Å². The summed E-state index contributed by atoms with van der Waals surface area (Å²) in [5.41, 5.74) is 5.69. The second-order valence-electron chi connectivity index (χ2n) is 4.35. The number of imidazole rings is 1. The van der Waals surface area contributed by atoms with Gasteiger partial charge < -0.3 is 16.0 Å². The van der Waals surface area contributed by atoms with E-state index in [1.165, 1.54) is 14.1 Å². The van der Waals surface area contributed by atoms with Gasteiger partial charge in [-0.25, -0.2) is 17.7 Å². The zero-order chi connectivity index (χ0) is 14.9. The van der Waals surface area contributed by atoms with Crippen molar-refractivity contribution in [2.45, 2.75) is 17.9 Å². The van der Waals surface area contributed by atoms with Gasteiger partial charge in [-0.3, -0.25) is 0 Å². The fourth-order valence-electron chi connectivity index (χ4n) is 1.60. The van der Waals surface area contributed by atoms with Crippen LogP contribution in [0.25, 0.3) is 0 Å². The predicted octanol–water partition coefficient (Wildman–Crippen LogP) is 0.872. The van der Waals surface area contributed by atoms with E-state index >= 15 is 0 Å². The molecule has 0 aliphatic heterocycles. The molecule has 0 saturated heterocycles. The lowest BCUT2D eigenvalue weighted by molar-refractivity contribution is 0.521. The van der Waals surface area contributed by atoms with Gasteiger partial charge in [0.05, 0.1) is 6.04 Å². The molecule has 0 aliphatic rings. The molecule has 10 heteroatoms. The van der Waals surface area contributed by atoms with E-state index < -0.39 is 10.0 Å². The molecule has 0 saturated carbocycles. The summed E-state index contributed by atoms with van der Waals surface area (Å²) < 4.78 is 29.5. The number of hydrogen-bond acceptors (Lipinski definition) is 7. The van der Waals surface area contributed by atoms with E-state index in [0.717, 1.165) is 15.8 Å². The van der Waals surface area contributed by atoms with Gasteiger partial charge in [0.2, 0.25) is 10.0 Å². The standard InChI is InChI=1S/C10H16N6O2S2/c1-6(9-12-4-5-13-9)14-10-7(8(11)15-19-10)20(17,18)16(2)3/h4-6,14H,1-3H3,(H2,11,15)(H,12,13). The highest BCUT2D eigenvalue weighted by Gasteiger charge is 2.28. The Hall–Kier alpha value is -1.65. The van der Waals surface area contributed by atoms with E-state index in [2.05, 4.69) is 19.7 Å². The molecule has 0 fully saturated rings. The van der Waals surface area contributed by atoms with Crippen LogP contribution >= 0.6 is 11.5 Å². The van der Waals surface area contributed by atoms with Crippen molar-refractivity contribution in [3.8, 4) is 0 Å². The average molecular weight is 316 g/mol. The molecule has 0 spiro atoms. The first kappa shape index (κ1) is 14.8. The Morgan fingerprint density at radius 1 is 1.50 bits per heavy atom. The molecule has 2 aromatic heterocycles. The number of rotatable bonds is 5. The second kappa shape index (κ2) is 5.38. The molecule has 0 aliphatic carbocycles. The van der Waals surface area contributed by atoms with Crippen LogP contribution in [0.15, 0.2) is 17.3 Å². The lowest BCUT2D eigenvalue weighted by Crippen LogP contribution is -2.24. The molecule has 8 nitrogen and oxygen atoms in total. The maximum atomic E-state index is 12.3. The third kappa shape index (κ3) is 2.62. The van der Waals surface area contributed by atoms with E-state index in [1.807, 2.05) is 6.92 Å². The minimum absolute atomic E-state index is 0.00200. The molecule has 1 atom stereocenters. The van der Waals surface area contributed by atoms with Gasteiger partial charge in [0.15, 0.2) is 10.7 Å². The number of aromatic amines is 1. The number of aromatic nitrogens is 3. The Kier molecular flexibility index (Phi) is 3.97.